The van der Waals surface area contributed by atoms with Crippen LogP contribution in [0.5, 0.6) is 0 Å². The van der Waals surface area contributed by atoms with Crippen LogP contribution in [0.3, 0.4) is 0 Å². The van der Waals surface area contributed by atoms with Gasteiger partial charge in [0.05, 0.1) is 60.9 Å². The minimum absolute atomic E-state index is 0.573. The van der Waals surface area contributed by atoms with E-state index in [4.69, 9.17) is 0 Å². The van der Waals surface area contributed by atoms with Crippen LogP contribution in [0.25, 0.3) is 133 Å². The number of rotatable bonds is 10. The molecule has 0 atom stereocenters. The molecule has 0 spiro atoms. The fourth-order valence-corrected chi connectivity index (χ4v) is 15.9. The lowest BCUT2D eigenvalue weighted by atomic mass is 9.67. The van der Waals surface area contributed by atoms with Gasteiger partial charge in [-0.25, -0.2) is 0 Å². The molecule has 1 aliphatic rings. The quantitative estimate of drug-likeness (QED) is 0.127. The van der Waals surface area contributed by atoms with Crippen molar-refractivity contribution in [3.05, 3.63) is 403 Å². The van der Waals surface area contributed by atoms with Crippen molar-refractivity contribution in [2.24, 2.45) is 0 Å². The van der Waals surface area contributed by atoms with Crippen LogP contribution in [-0.2, 0) is 5.41 Å². The molecule has 0 unspecified atom stereocenters. The number of nitrogens with zero attached hydrogens (tertiary/aromatic N) is 6. The van der Waals surface area contributed by atoms with E-state index in [1.54, 1.807) is 13.7 Å². The average molecular weight is 1270 g/mol. The van der Waals surface area contributed by atoms with E-state index in [0.717, 1.165) is 111 Å². The second-order valence-electron chi connectivity index (χ2n) is 25.4. The minimum atomic E-state index is -0.891. The van der Waals surface area contributed by atoms with Crippen molar-refractivity contribution in [2.45, 2.75) is 5.41 Å². The smallest absolute Gasteiger partial charge is 0.309 e. The van der Waals surface area contributed by atoms with E-state index < -0.39 is 27.7 Å². The fraction of sp³-hybridized carbons (Fsp3) is 0.0112. The molecule has 0 bridgehead atoms. The molecule has 0 saturated carbocycles. The summed E-state index contributed by atoms with van der Waals surface area (Å²) in [6.07, 6.45) is 0. The zero-order chi connectivity index (χ0) is 66.0. The average Bonchev–Trinajstić information content (AvgIpc) is 1.58. The summed E-state index contributed by atoms with van der Waals surface area (Å²) in [5.74, 6) is 0. The first-order valence-corrected chi connectivity index (χ1v) is 33.1. The monoisotopic (exact) mass is 1270 g/mol. The first-order chi connectivity index (χ1) is 48.8. The Morgan fingerprint density at radius 3 is 1.02 bits per heavy atom. The Morgan fingerprint density at radius 1 is 0.192 bits per heavy atom. The molecule has 0 amide bonds. The molecule has 10 heteroatoms. The molecule has 4 heterocycles. The number of fused-ring (bicyclic) bond motifs is 11. The number of aromatic nitrogens is 6. The Bertz CT molecular complexity index is 6580. The maximum atomic E-state index is 15.4. The van der Waals surface area contributed by atoms with Gasteiger partial charge in [0.15, 0.2) is 0 Å². The molecular weight excluding hydrogens is 1220 g/mol. The van der Waals surface area contributed by atoms with Crippen molar-refractivity contribution in [1.29, 1.82) is 0 Å². The van der Waals surface area contributed by atoms with Crippen LogP contribution < -0.4 is 22.2 Å². The molecule has 14 aromatic carbocycles. The highest BCUT2D eigenvalue weighted by Gasteiger charge is 2.47. The van der Waals surface area contributed by atoms with Crippen molar-refractivity contribution < 1.29 is 0 Å². The molecule has 466 valence electrons. The molecule has 0 saturated heterocycles. The van der Waals surface area contributed by atoms with E-state index in [-0.39, 0.29) is 0 Å². The standard InChI is InChI=1S/C89H56N6O4/c96-85-86(97)93(82-37-18-17-36-81(82)92(85)64-43-40-58(41-44-64)57-22-5-1-6-23-57)67-47-51-80-74(55-67)72-33-14-16-35-78(72)91(80)65-31-21-24-59(52-65)60-42-48-69-70-49-45-68(56-76(70)89(75(69)53-60,61-25-7-2-8-26-61)62-27-9-3-10-28-62)95-84-39-20-19-38-83(84)94(87(98)88(95)99)66-46-50-79-73(54-66)71-32-13-15-34-77(71)90(79)63-29-11-4-12-30-63/h1-56H. The van der Waals surface area contributed by atoms with Gasteiger partial charge in [-0.3, -0.25) is 37.4 Å². The number of para-hydroxylation sites is 7. The third-order valence-corrected chi connectivity index (χ3v) is 20.2. The van der Waals surface area contributed by atoms with Crippen LogP contribution >= 0.6 is 0 Å². The maximum Gasteiger partial charge on any atom is 0.321 e. The van der Waals surface area contributed by atoms with Crippen LogP contribution in [0.2, 0.25) is 0 Å². The second kappa shape index (κ2) is 22.3. The van der Waals surface area contributed by atoms with Crippen molar-refractivity contribution in [3.8, 4) is 67.5 Å². The predicted octanol–water partition coefficient (Wildman–Crippen LogP) is 18.5. The summed E-state index contributed by atoms with van der Waals surface area (Å²) in [6.45, 7) is 0. The largest absolute Gasteiger partial charge is 0.321 e. The van der Waals surface area contributed by atoms with Gasteiger partial charge < -0.3 is 9.13 Å². The van der Waals surface area contributed by atoms with Gasteiger partial charge in [-0.05, 0) is 183 Å². The third-order valence-electron chi connectivity index (χ3n) is 20.2. The molecule has 4 aromatic heterocycles. The van der Waals surface area contributed by atoms with Gasteiger partial charge >= 0.3 is 22.2 Å². The van der Waals surface area contributed by atoms with E-state index in [0.29, 0.717) is 44.8 Å². The van der Waals surface area contributed by atoms with Crippen LogP contribution in [0.1, 0.15) is 22.3 Å². The lowest BCUT2D eigenvalue weighted by molar-refractivity contribution is 0.767. The third kappa shape index (κ3) is 8.62. The van der Waals surface area contributed by atoms with Gasteiger partial charge in [0.2, 0.25) is 0 Å². The lowest BCUT2D eigenvalue weighted by Gasteiger charge is -2.34. The molecule has 0 fully saturated rings. The Labute approximate surface area is 566 Å². The summed E-state index contributed by atoms with van der Waals surface area (Å²) in [6, 6.07) is 115. The fourth-order valence-electron chi connectivity index (χ4n) is 15.9. The van der Waals surface area contributed by atoms with Crippen LogP contribution in [0, 0.1) is 0 Å². The zero-order valence-electron chi connectivity index (χ0n) is 53.1. The van der Waals surface area contributed by atoms with E-state index in [1.807, 2.05) is 194 Å². The molecule has 10 nitrogen and oxygen atoms in total. The predicted molar refractivity (Wildman–Crippen MR) is 401 cm³/mol. The topological polar surface area (TPSA) is 97.9 Å². The Morgan fingerprint density at radius 2 is 0.505 bits per heavy atom. The SMILES string of the molecule is O=c1c(=O)n(-c2ccc3c(c2)c2ccccc2n3-c2cccc(-c3ccc4c(c3)C(c3ccccc3)(c3ccccc3)c3cc(-n5c(=O)c(=O)n(-c6ccc7c(c6)c6ccccc6n7-c6ccccc6)c6ccccc65)ccc3-4)c2)c2ccccc2n1-c1ccc(-c2ccccc2)cc1. The van der Waals surface area contributed by atoms with Crippen molar-refractivity contribution in [1.82, 2.24) is 27.4 Å². The summed E-state index contributed by atoms with van der Waals surface area (Å²) in [4.78, 5) is 59.7. The van der Waals surface area contributed by atoms with Gasteiger partial charge in [0, 0.05) is 44.3 Å². The summed E-state index contributed by atoms with van der Waals surface area (Å²) in [5, 5.41) is 3.92. The van der Waals surface area contributed by atoms with Crippen LogP contribution in [0.4, 0.5) is 0 Å². The molecule has 99 heavy (non-hydrogen) atoms. The number of hydrogen-bond donors (Lipinski definition) is 0. The van der Waals surface area contributed by atoms with Crippen LogP contribution in [-0.4, -0.2) is 27.4 Å². The van der Waals surface area contributed by atoms with Crippen LogP contribution in [0.15, 0.2) is 359 Å². The van der Waals surface area contributed by atoms with Gasteiger partial charge in [-0.15, -0.1) is 0 Å². The van der Waals surface area contributed by atoms with Gasteiger partial charge in [-0.1, -0.05) is 212 Å². The van der Waals surface area contributed by atoms with E-state index in [1.165, 1.54) is 4.57 Å². The van der Waals surface area contributed by atoms with E-state index in [2.05, 4.69) is 155 Å². The molecular formula is C89H56N6O4. The summed E-state index contributed by atoms with van der Waals surface area (Å²) in [5.41, 5.74) is 17.4. The van der Waals surface area contributed by atoms with Gasteiger partial charge in [0.1, 0.15) is 0 Å². The summed E-state index contributed by atoms with van der Waals surface area (Å²) in [7, 11) is 0. The summed E-state index contributed by atoms with van der Waals surface area (Å²) < 4.78 is 10.7. The van der Waals surface area contributed by atoms with Crippen molar-refractivity contribution in [2.75, 3.05) is 0 Å². The highest BCUT2D eigenvalue weighted by atomic mass is 16.2. The molecule has 1 aliphatic carbocycles. The number of hydrogen-bond acceptors (Lipinski definition) is 4. The lowest BCUT2D eigenvalue weighted by Crippen LogP contribution is -2.40. The second-order valence-corrected chi connectivity index (χ2v) is 25.4. The zero-order valence-corrected chi connectivity index (χ0v) is 53.1. The molecule has 0 aliphatic heterocycles. The van der Waals surface area contributed by atoms with E-state index in [9.17, 15) is 9.59 Å². The maximum absolute atomic E-state index is 15.4. The molecule has 18 aromatic rings. The molecule has 0 N–H and O–H groups in total. The number of benzene rings is 14. The van der Waals surface area contributed by atoms with E-state index >= 15 is 9.59 Å². The Balaban J connectivity index is 0.731. The van der Waals surface area contributed by atoms with Crippen molar-refractivity contribution in [3.63, 3.8) is 0 Å². The normalized spacial score (nSPS) is 12.5. The first kappa shape index (κ1) is 57.0. The summed E-state index contributed by atoms with van der Waals surface area (Å²) >= 11 is 0. The minimum Gasteiger partial charge on any atom is -0.309 e. The highest BCUT2D eigenvalue weighted by molar-refractivity contribution is 6.11. The first-order valence-electron chi connectivity index (χ1n) is 33.1. The Kier molecular flexibility index (Phi) is 12.9. The molecule has 0 radical (unpaired) electrons. The highest BCUT2D eigenvalue weighted by Crippen LogP contribution is 2.57. The van der Waals surface area contributed by atoms with Crippen molar-refractivity contribution >= 4 is 65.7 Å². The van der Waals surface area contributed by atoms with Gasteiger partial charge in [-0.2, -0.15) is 0 Å². The van der Waals surface area contributed by atoms with Gasteiger partial charge in [0.25, 0.3) is 0 Å². The molecule has 19 rings (SSSR count). The Hall–Kier alpha value is -13.4.